The van der Waals surface area contributed by atoms with Gasteiger partial charge in [-0.1, -0.05) is 6.92 Å². The van der Waals surface area contributed by atoms with E-state index in [1.807, 2.05) is 6.92 Å². The molecule has 10 nitrogen and oxygen atoms in total. The van der Waals surface area contributed by atoms with Crippen LogP contribution in [0, 0.1) is 0 Å². The van der Waals surface area contributed by atoms with Crippen molar-refractivity contribution < 1.29 is 32.2 Å². The van der Waals surface area contributed by atoms with Crippen molar-refractivity contribution in [3.8, 4) is 11.4 Å². The number of piperazine rings is 1. The molecule has 2 amide bonds. The van der Waals surface area contributed by atoms with E-state index in [2.05, 4.69) is 20.3 Å². The molecule has 0 aromatic carbocycles. The summed E-state index contributed by atoms with van der Waals surface area (Å²) in [6, 6.07) is 1.64. The first-order valence-corrected chi connectivity index (χ1v) is 11.9. The first-order valence-electron chi connectivity index (χ1n) is 11.9. The SMILES string of the molecule is CC[C@@H]1CN(C(=O)OC(C)(C)C)CCN1c1cc(C(F)(F)F)cc(-c2ncnc3c2C(C)OC(=O)N3)n1. The molecule has 2 atom stereocenters. The maximum absolute atomic E-state index is 14.0. The number of nitrogens with one attached hydrogen (secondary N) is 1. The topological polar surface area (TPSA) is 110 Å². The van der Waals surface area contributed by atoms with Gasteiger partial charge in [0.2, 0.25) is 0 Å². The lowest BCUT2D eigenvalue weighted by Crippen LogP contribution is -2.55. The van der Waals surface area contributed by atoms with Crippen LogP contribution >= 0.6 is 0 Å². The molecule has 2 aliphatic heterocycles. The van der Waals surface area contributed by atoms with Gasteiger partial charge in [0.1, 0.15) is 35.4 Å². The van der Waals surface area contributed by atoms with E-state index in [1.165, 1.54) is 0 Å². The average molecular weight is 523 g/mol. The van der Waals surface area contributed by atoms with Crippen molar-refractivity contribution in [3.05, 3.63) is 29.6 Å². The molecule has 2 aromatic heterocycles. The number of halogens is 3. The molecule has 0 radical (unpaired) electrons. The van der Waals surface area contributed by atoms with Gasteiger partial charge in [-0.15, -0.1) is 0 Å². The first-order chi connectivity index (χ1) is 17.3. The lowest BCUT2D eigenvalue weighted by Gasteiger charge is -2.42. The molecule has 4 rings (SSSR count). The lowest BCUT2D eigenvalue weighted by atomic mass is 10.0. The third-order valence-corrected chi connectivity index (χ3v) is 6.08. The molecule has 200 valence electrons. The van der Waals surface area contributed by atoms with E-state index in [9.17, 15) is 22.8 Å². The predicted molar refractivity (Wildman–Crippen MR) is 128 cm³/mol. The van der Waals surface area contributed by atoms with E-state index < -0.39 is 35.6 Å². The van der Waals surface area contributed by atoms with Crippen molar-refractivity contribution in [1.29, 1.82) is 0 Å². The first kappa shape index (κ1) is 26.4. The number of alkyl halides is 3. The van der Waals surface area contributed by atoms with Gasteiger partial charge < -0.3 is 19.3 Å². The van der Waals surface area contributed by atoms with E-state index in [1.54, 1.807) is 37.5 Å². The number of ether oxygens (including phenoxy) is 2. The smallest absolute Gasteiger partial charge is 0.416 e. The zero-order valence-corrected chi connectivity index (χ0v) is 21.2. The summed E-state index contributed by atoms with van der Waals surface area (Å²) in [4.78, 5) is 40.5. The van der Waals surface area contributed by atoms with Gasteiger partial charge in [-0.2, -0.15) is 13.2 Å². The number of carbonyl (C=O) groups is 2. The Bertz CT molecular complexity index is 1200. The maximum Gasteiger partial charge on any atom is 0.416 e. The number of nitrogens with zero attached hydrogens (tertiary/aromatic N) is 5. The average Bonchev–Trinajstić information content (AvgIpc) is 2.81. The van der Waals surface area contributed by atoms with E-state index in [-0.39, 0.29) is 48.7 Å². The molecule has 2 aliphatic rings. The van der Waals surface area contributed by atoms with E-state index in [4.69, 9.17) is 9.47 Å². The molecule has 1 unspecified atom stereocenters. The zero-order chi connectivity index (χ0) is 27.1. The molecule has 0 saturated carbocycles. The fraction of sp³-hybridized carbons (Fsp3) is 0.542. The molecule has 1 fully saturated rings. The van der Waals surface area contributed by atoms with Crippen LogP contribution in [0.5, 0.6) is 0 Å². The van der Waals surface area contributed by atoms with Gasteiger partial charge in [0.25, 0.3) is 0 Å². The van der Waals surface area contributed by atoms with E-state index in [0.717, 1.165) is 18.5 Å². The van der Waals surface area contributed by atoms with E-state index in [0.29, 0.717) is 12.0 Å². The number of hydrogen-bond acceptors (Lipinski definition) is 8. The Hall–Kier alpha value is -3.64. The normalized spacial score (nSPS) is 20.2. The molecule has 1 saturated heterocycles. The van der Waals surface area contributed by atoms with Crippen molar-refractivity contribution in [2.75, 3.05) is 29.9 Å². The second-order valence-electron chi connectivity index (χ2n) is 9.94. The number of anilines is 2. The van der Waals surface area contributed by atoms with Gasteiger partial charge in [0.05, 0.1) is 16.8 Å². The van der Waals surface area contributed by atoms with Crippen molar-refractivity contribution in [1.82, 2.24) is 19.9 Å². The highest BCUT2D eigenvalue weighted by Crippen LogP contribution is 2.39. The van der Waals surface area contributed by atoms with Crippen molar-refractivity contribution in [2.24, 2.45) is 0 Å². The molecule has 37 heavy (non-hydrogen) atoms. The van der Waals surface area contributed by atoms with Crippen LogP contribution in [0.25, 0.3) is 11.4 Å². The van der Waals surface area contributed by atoms with E-state index >= 15 is 0 Å². The fourth-order valence-corrected chi connectivity index (χ4v) is 4.38. The standard InChI is InChI=1S/C24H29F3N6O4/c1-6-15-11-32(22(35)37-23(3,4)5)7-8-33(15)17-10-14(24(25,26)27)9-16(30-17)19-18-13(2)36-21(34)31-20(18)29-12-28-19/h9-10,12-13,15H,6-8,11H2,1-5H3,(H,28,29,31,34)/t13?,15-/m1/s1. The van der Waals surface area contributed by atoms with Crippen LogP contribution in [0.1, 0.15) is 58.3 Å². The summed E-state index contributed by atoms with van der Waals surface area (Å²) in [5.74, 6) is 0.271. The molecule has 1 N–H and O–H groups in total. The molecule has 0 spiro atoms. The van der Waals surface area contributed by atoms with Crippen molar-refractivity contribution in [3.63, 3.8) is 0 Å². The van der Waals surface area contributed by atoms with Crippen LogP contribution < -0.4 is 10.2 Å². The number of cyclic esters (lactones) is 1. The molecule has 13 heteroatoms. The zero-order valence-electron chi connectivity index (χ0n) is 21.2. The summed E-state index contributed by atoms with van der Waals surface area (Å²) >= 11 is 0. The molecule has 2 aromatic rings. The Morgan fingerprint density at radius 1 is 1.22 bits per heavy atom. The Balaban J connectivity index is 1.73. The minimum atomic E-state index is -4.64. The minimum absolute atomic E-state index is 0.0282. The minimum Gasteiger partial charge on any atom is -0.444 e. The number of hydrogen-bond donors (Lipinski definition) is 1. The summed E-state index contributed by atoms with van der Waals surface area (Å²) in [6.07, 6.45) is -4.89. The molecular weight excluding hydrogens is 493 g/mol. The number of fused-ring (bicyclic) bond motifs is 1. The monoisotopic (exact) mass is 522 g/mol. The molecular formula is C24H29F3N6O4. The quantitative estimate of drug-likeness (QED) is 0.599. The Morgan fingerprint density at radius 2 is 1.95 bits per heavy atom. The number of rotatable bonds is 3. The van der Waals surface area contributed by atoms with Crippen LogP contribution in [-0.2, 0) is 15.7 Å². The summed E-state index contributed by atoms with van der Waals surface area (Å²) < 4.78 is 52.6. The van der Waals surface area contributed by atoms with Gasteiger partial charge >= 0.3 is 18.4 Å². The Labute approximate surface area is 212 Å². The highest BCUT2D eigenvalue weighted by atomic mass is 19.4. The third kappa shape index (κ3) is 5.70. The summed E-state index contributed by atoms with van der Waals surface area (Å²) in [6.45, 7) is 9.61. The van der Waals surface area contributed by atoms with Gasteiger partial charge in [-0.05, 0) is 46.2 Å². The van der Waals surface area contributed by atoms with Crippen LogP contribution in [0.3, 0.4) is 0 Å². The predicted octanol–water partition coefficient (Wildman–Crippen LogP) is 5.02. The summed E-state index contributed by atoms with van der Waals surface area (Å²) in [5.41, 5.74) is -1.12. The lowest BCUT2D eigenvalue weighted by molar-refractivity contribution is -0.137. The number of amides is 2. The Kier molecular flexibility index (Phi) is 6.91. The van der Waals surface area contributed by atoms with Crippen LogP contribution in [-0.4, -0.2) is 63.3 Å². The van der Waals surface area contributed by atoms with Crippen LogP contribution in [0.4, 0.5) is 34.4 Å². The van der Waals surface area contributed by atoms with Gasteiger partial charge in [0, 0.05) is 25.7 Å². The van der Waals surface area contributed by atoms with Gasteiger partial charge in [0.15, 0.2) is 0 Å². The number of aromatic nitrogens is 3. The van der Waals surface area contributed by atoms with Gasteiger partial charge in [-0.25, -0.2) is 24.5 Å². The highest BCUT2D eigenvalue weighted by Gasteiger charge is 2.37. The second-order valence-corrected chi connectivity index (χ2v) is 9.94. The van der Waals surface area contributed by atoms with Gasteiger partial charge in [-0.3, -0.25) is 5.32 Å². The largest absolute Gasteiger partial charge is 0.444 e. The second kappa shape index (κ2) is 9.67. The highest BCUT2D eigenvalue weighted by molar-refractivity contribution is 5.88. The third-order valence-electron chi connectivity index (χ3n) is 6.08. The summed E-state index contributed by atoms with van der Waals surface area (Å²) in [5, 5.41) is 2.45. The van der Waals surface area contributed by atoms with Crippen molar-refractivity contribution in [2.45, 2.75) is 65.0 Å². The molecule has 0 bridgehead atoms. The fourth-order valence-electron chi connectivity index (χ4n) is 4.38. The maximum atomic E-state index is 14.0. The van der Waals surface area contributed by atoms with Crippen LogP contribution in [0.15, 0.2) is 18.5 Å². The summed E-state index contributed by atoms with van der Waals surface area (Å²) in [7, 11) is 0. The van der Waals surface area contributed by atoms with Crippen molar-refractivity contribution >= 4 is 23.8 Å². The molecule has 4 heterocycles. The Morgan fingerprint density at radius 3 is 2.59 bits per heavy atom. The number of carbonyl (C=O) groups excluding carboxylic acids is 2. The van der Waals surface area contributed by atoms with Crippen LogP contribution in [0.2, 0.25) is 0 Å². The molecule has 0 aliphatic carbocycles. The number of pyridine rings is 1.